The molecule has 1 atom stereocenters. The molecule has 0 aromatic heterocycles. The van der Waals surface area contributed by atoms with E-state index in [1.807, 2.05) is 0 Å². The second-order valence-corrected chi connectivity index (χ2v) is 5.09. The number of likely N-dealkylation sites (tertiary alicyclic amines) is 1. The summed E-state index contributed by atoms with van der Waals surface area (Å²) in [6.45, 7) is 0.490. The van der Waals surface area contributed by atoms with E-state index in [9.17, 15) is 9.59 Å². The van der Waals surface area contributed by atoms with E-state index in [1.54, 1.807) is 24.3 Å². The molecule has 1 amide bonds. The summed E-state index contributed by atoms with van der Waals surface area (Å²) in [4.78, 5) is 24.7. The summed E-state index contributed by atoms with van der Waals surface area (Å²) in [5, 5.41) is 9.61. The van der Waals surface area contributed by atoms with Gasteiger partial charge in [-0.3, -0.25) is 4.79 Å². The first-order valence-electron chi connectivity index (χ1n) is 6.46. The van der Waals surface area contributed by atoms with Crippen molar-refractivity contribution in [2.24, 2.45) is 0 Å². The highest BCUT2D eigenvalue weighted by Crippen LogP contribution is 2.18. The molecule has 1 saturated heterocycles. The Labute approximate surface area is 122 Å². The van der Waals surface area contributed by atoms with Gasteiger partial charge in [-0.2, -0.15) is 0 Å². The first-order valence-corrected chi connectivity index (χ1v) is 6.84. The smallest absolute Gasteiger partial charge is 0.326 e. The molecule has 1 aliphatic heterocycles. The third-order valence-electron chi connectivity index (χ3n) is 3.28. The van der Waals surface area contributed by atoms with E-state index in [-0.39, 0.29) is 5.91 Å². The Balaban J connectivity index is 2.08. The van der Waals surface area contributed by atoms with Crippen LogP contribution in [0.3, 0.4) is 0 Å². The fourth-order valence-corrected chi connectivity index (χ4v) is 2.46. The van der Waals surface area contributed by atoms with Gasteiger partial charge in [-0.1, -0.05) is 23.7 Å². The molecule has 1 aliphatic rings. The lowest BCUT2D eigenvalue weighted by molar-refractivity contribution is -0.150. The second kappa shape index (κ2) is 6.57. The maximum absolute atomic E-state index is 12.1. The number of halogens is 1. The van der Waals surface area contributed by atoms with E-state index in [1.165, 1.54) is 11.0 Å². The molecule has 2 rings (SSSR count). The average molecular weight is 293 g/mol. The van der Waals surface area contributed by atoms with Crippen LogP contribution in [0.5, 0.6) is 0 Å². The van der Waals surface area contributed by atoms with Gasteiger partial charge in [-0.25, -0.2) is 4.79 Å². The molecule has 4 nitrogen and oxygen atoms in total. The van der Waals surface area contributed by atoms with Crippen molar-refractivity contribution in [1.82, 2.24) is 4.90 Å². The molecule has 5 heteroatoms. The molecule has 1 aromatic carbocycles. The van der Waals surface area contributed by atoms with Gasteiger partial charge in [-0.15, -0.1) is 0 Å². The Bertz CT molecular complexity index is 542. The maximum atomic E-state index is 12.1. The van der Waals surface area contributed by atoms with Gasteiger partial charge in [-0.05, 0) is 37.0 Å². The van der Waals surface area contributed by atoms with Crippen LogP contribution in [0.15, 0.2) is 24.3 Å². The first kappa shape index (κ1) is 14.6. The van der Waals surface area contributed by atoms with Gasteiger partial charge < -0.3 is 10.0 Å². The molecular formula is C15H15ClNO3. The van der Waals surface area contributed by atoms with Crippen LogP contribution in [0.2, 0.25) is 5.02 Å². The number of hydrogen-bond donors (Lipinski definition) is 1. The molecule has 1 N–H and O–H groups in total. The summed E-state index contributed by atoms with van der Waals surface area (Å²) >= 11 is 5.81. The molecule has 1 aromatic rings. The highest BCUT2D eigenvalue weighted by molar-refractivity contribution is 6.30. The highest BCUT2D eigenvalue weighted by Gasteiger charge is 2.30. The molecule has 0 bridgehead atoms. The van der Waals surface area contributed by atoms with Crippen LogP contribution in [0.1, 0.15) is 24.8 Å². The minimum Gasteiger partial charge on any atom is -0.480 e. The maximum Gasteiger partial charge on any atom is 0.326 e. The molecule has 0 saturated carbocycles. The number of carboxylic acid groups (broad SMARTS) is 1. The van der Waals surface area contributed by atoms with Gasteiger partial charge in [0.1, 0.15) is 6.04 Å². The van der Waals surface area contributed by atoms with Crippen molar-refractivity contribution in [1.29, 1.82) is 0 Å². The number of hydrogen-bond acceptors (Lipinski definition) is 2. The third kappa shape index (κ3) is 3.61. The Morgan fingerprint density at radius 3 is 2.95 bits per heavy atom. The number of amides is 1. The topological polar surface area (TPSA) is 57.6 Å². The number of piperidine rings is 1. The van der Waals surface area contributed by atoms with Gasteiger partial charge in [0.15, 0.2) is 0 Å². The van der Waals surface area contributed by atoms with Crippen molar-refractivity contribution in [3.63, 3.8) is 0 Å². The van der Waals surface area contributed by atoms with Crippen LogP contribution in [-0.2, 0) is 9.59 Å². The fourth-order valence-electron chi connectivity index (χ4n) is 2.27. The standard InChI is InChI=1S/C15H15ClNO3/c16-12-5-3-4-11(10-12)7-8-14(18)17-9-2-1-6-13(17)15(19)20/h3-4,7-8,10,13H,1-2,6,9H2,(H,19,20)/b8-7+. The molecule has 0 spiro atoms. The van der Waals surface area contributed by atoms with Crippen LogP contribution in [-0.4, -0.2) is 34.5 Å². The van der Waals surface area contributed by atoms with Crippen LogP contribution < -0.4 is 0 Å². The van der Waals surface area contributed by atoms with Gasteiger partial charge in [0.25, 0.3) is 0 Å². The van der Waals surface area contributed by atoms with Crippen molar-refractivity contribution >= 4 is 29.6 Å². The van der Waals surface area contributed by atoms with Crippen molar-refractivity contribution in [2.45, 2.75) is 25.3 Å². The number of aliphatic carboxylic acids is 1. The summed E-state index contributed by atoms with van der Waals surface area (Å²) in [6, 6.07) is 7.23. The zero-order valence-corrected chi connectivity index (χ0v) is 11.6. The van der Waals surface area contributed by atoms with Gasteiger partial charge >= 0.3 is 5.97 Å². The Hall–Kier alpha value is -1.81. The number of benzene rings is 1. The number of nitrogens with zero attached hydrogens (tertiary/aromatic N) is 1. The summed E-state index contributed by atoms with van der Waals surface area (Å²) in [5.74, 6) is -1.22. The lowest BCUT2D eigenvalue weighted by Gasteiger charge is -2.32. The molecular weight excluding hydrogens is 278 g/mol. The highest BCUT2D eigenvalue weighted by atomic mass is 35.5. The normalized spacial score (nSPS) is 19.2. The summed E-state index contributed by atoms with van der Waals surface area (Å²) in [6.07, 6.45) is 5.23. The lowest BCUT2D eigenvalue weighted by Crippen LogP contribution is -2.47. The van der Waals surface area contributed by atoms with Crippen LogP contribution in [0, 0.1) is 6.07 Å². The Kier molecular flexibility index (Phi) is 4.79. The Morgan fingerprint density at radius 1 is 1.45 bits per heavy atom. The second-order valence-electron chi connectivity index (χ2n) is 4.68. The number of carbonyl (C=O) groups is 2. The predicted octanol–water partition coefficient (Wildman–Crippen LogP) is 2.62. The van der Waals surface area contributed by atoms with Gasteiger partial charge in [0.05, 0.1) is 0 Å². The predicted molar refractivity (Wildman–Crippen MR) is 76.3 cm³/mol. The Morgan fingerprint density at radius 2 is 2.25 bits per heavy atom. The molecule has 105 valence electrons. The van der Waals surface area contributed by atoms with E-state index >= 15 is 0 Å². The molecule has 1 radical (unpaired) electrons. The van der Waals surface area contributed by atoms with Crippen molar-refractivity contribution in [3.8, 4) is 0 Å². The zero-order chi connectivity index (χ0) is 14.5. The van der Waals surface area contributed by atoms with Crippen LogP contribution >= 0.6 is 11.6 Å². The summed E-state index contributed by atoms with van der Waals surface area (Å²) in [7, 11) is 0. The molecule has 0 aliphatic carbocycles. The van der Waals surface area contributed by atoms with E-state index in [0.29, 0.717) is 18.0 Å². The largest absolute Gasteiger partial charge is 0.480 e. The van der Waals surface area contributed by atoms with E-state index in [4.69, 9.17) is 16.7 Å². The molecule has 1 unspecified atom stereocenters. The minimum atomic E-state index is -0.941. The molecule has 20 heavy (non-hydrogen) atoms. The minimum absolute atomic E-state index is 0.277. The van der Waals surface area contributed by atoms with Crippen molar-refractivity contribution < 1.29 is 14.7 Å². The van der Waals surface area contributed by atoms with E-state index in [2.05, 4.69) is 6.07 Å². The van der Waals surface area contributed by atoms with Crippen LogP contribution in [0.4, 0.5) is 0 Å². The molecule has 1 fully saturated rings. The fraction of sp³-hybridized carbons (Fsp3) is 0.333. The van der Waals surface area contributed by atoms with Crippen molar-refractivity contribution in [3.05, 3.63) is 40.9 Å². The first-order chi connectivity index (χ1) is 9.58. The van der Waals surface area contributed by atoms with Gasteiger partial charge in [0.2, 0.25) is 5.91 Å². The number of carboxylic acids is 1. The van der Waals surface area contributed by atoms with Crippen molar-refractivity contribution in [2.75, 3.05) is 6.54 Å². The monoisotopic (exact) mass is 292 g/mol. The van der Waals surface area contributed by atoms with E-state index < -0.39 is 12.0 Å². The van der Waals surface area contributed by atoms with Crippen LogP contribution in [0.25, 0.3) is 6.08 Å². The SMILES string of the molecule is O=C(O)C1CCCCN1C(=O)/C=C/c1cc[c]c(Cl)c1. The number of rotatable bonds is 3. The molecule has 1 heterocycles. The summed E-state index contributed by atoms with van der Waals surface area (Å²) < 4.78 is 0. The number of carbonyl (C=O) groups excluding carboxylic acids is 1. The lowest BCUT2D eigenvalue weighted by atomic mass is 10.0. The quantitative estimate of drug-likeness (QED) is 0.871. The zero-order valence-electron chi connectivity index (χ0n) is 10.9. The average Bonchev–Trinajstić information content (AvgIpc) is 2.45. The van der Waals surface area contributed by atoms with Gasteiger partial charge in [0, 0.05) is 23.7 Å². The third-order valence-corrected chi connectivity index (χ3v) is 3.50. The van der Waals surface area contributed by atoms with E-state index in [0.717, 1.165) is 18.4 Å². The summed E-state index contributed by atoms with van der Waals surface area (Å²) in [5.41, 5.74) is 0.783.